The highest BCUT2D eigenvalue weighted by Gasteiger charge is 2.14. The molecule has 1 amide bonds. The monoisotopic (exact) mass is 271 g/mol. The first-order valence-corrected chi connectivity index (χ1v) is 7.00. The van der Waals surface area contributed by atoms with Crippen LogP contribution in [0.5, 0.6) is 0 Å². The fourth-order valence-electron chi connectivity index (χ4n) is 1.31. The number of benzene rings is 1. The van der Waals surface area contributed by atoms with Crippen molar-refractivity contribution in [2.24, 2.45) is 5.14 Å². The van der Waals surface area contributed by atoms with Crippen molar-refractivity contribution in [3.8, 4) is 0 Å². The van der Waals surface area contributed by atoms with Crippen molar-refractivity contribution in [1.29, 1.82) is 0 Å². The summed E-state index contributed by atoms with van der Waals surface area (Å²) in [4.78, 5) is 11.5. The topological polar surface area (TPSA) is 101 Å². The lowest BCUT2D eigenvalue weighted by Crippen LogP contribution is -2.33. The first kappa shape index (κ1) is 14.6. The van der Waals surface area contributed by atoms with Crippen molar-refractivity contribution < 1.29 is 13.2 Å². The van der Waals surface area contributed by atoms with Crippen LogP contribution < -0.4 is 15.8 Å². The Bertz CT molecular complexity index is 526. The third kappa shape index (κ3) is 4.44. The zero-order valence-corrected chi connectivity index (χ0v) is 11.1. The van der Waals surface area contributed by atoms with Gasteiger partial charge in [0.25, 0.3) is 0 Å². The number of hydrogen-bond acceptors (Lipinski definition) is 4. The van der Waals surface area contributed by atoms with Crippen LogP contribution in [0.4, 0.5) is 5.69 Å². The van der Waals surface area contributed by atoms with Crippen molar-refractivity contribution in [2.45, 2.75) is 24.8 Å². The molecule has 0 saturated heterocycles. The van der Waals surface area contributed by atoms with Gasteiger partial charge in [0.15, 0.2) is 0 Å². The van der Waals surface area contributed by atoms with E-state index in [1.807, 2.05) is 13.8 Å². The molecule has 0 unspecified atom stereocenters. The maximum absolute atomic E-state index is 11.6. The van der Waals surface area contributed by atoms with Crippen LogP contribution in [0.2, 0.25) is 0 Å². The average molecular weight is 271 g/mol. The van der Waals surface area contributed by atoms with E-state index in [9.17, 15) is 13.2 Å². The predicted molar refractivity (Wildman–Crippen MR) is 69.6 cm³/mol. The van der Waals surface area contributed by atoms with Gasteiger partial charge in [0, 0.05) is 6.04 Å². The first-order valence-electron chi connectivity index (χ1n) is 5.46. The maximum Gasteiger partial charge on any atom is 0.240 e. The standard InChI is InChI=1S/C11H17N3O3S/c1-8(2)13-7-11(15)14-9-5-3-4-6-10(9)18(12,16)17/h3-6,8,13H,7H2,1-2H3,(H,14,15)(H2,12,16,17). The molecular weight excluding hydrogens is 254 g/mol. The van der Waals surface area contributed by atoms with Crippen LogP contribution in [0.15, 0.2) is 29.2 Å². The van der Waals surface area contributed by atoms with Crippen molar-refractivity contribution in [3.63, 3.8) is 0 Å². The molecule has 0 atom stereocenters. The van der Waals surface area contributed by atoms with E-state index in [2.05, 4.69) is 10.6 Å². The van der Waals surface area contributed by atoms with E-state index >= 15 is 0 Å². The summed E-state index contributed by atoms with van der Waals surface area (Å²) in [7, 11) is -3.85. The highest BCUT2D eigenvalue weighted by Crippen LogP contribution is 2.18. The SMILES string of the molecule is CC(C)NCC(=O)Nc1ccccc1S(N)(=O)=O. The molecule has 0 spiro atoms. The second kappa shape index (κ2) is 5.94. The minimum atomic E-state index is -3.85. The van der Waals surface area contributed by atoms with Crippen LogP contribution in [0.1, 0.15) is 13.8 Å². The Kier molecular flexibility index (Phi) is 4.83. The van der Waals surface area contributed by atoms with Crippen LogP contribution in [0.3, 0.4) is 0 Å². The Hall–Kier alpha value is -1.44. The quantitative estimate of drug-likeness (QED) is 0.715. The van der Waals surface area contributed by atoms with Crippen LogP contribution in [-0.4, -0.2) is 26.9 Å². The lowest BCUT2D eigenvalue weighted by molar-refractivity contribution is -0.115. The molecule has 100 valence electrons. The number of carbonyl (C=O) groups excluding carboxylic acids is 1. The zero-order chi connectivity index (χ0) is 13.8. The molecule has 0 fully saturated rings. The second-order valence-electron chi connectivity index (χ2n) is 4.12. The van der Waals surface area contributed by atoms with Crippen molar-refractivity contribution in [1.82, 2.24) is 5.32 Å². The molecule has 4 N–H and O–H groups in total. The summed E-state index contributed by atoms with van der Waals surface area (Å²) < 4.78 is 22.6. The van der Waals surface area contributed by atoms with E-state index in [-0.39, 0.29) is 29.1 Å². The highest BCUT2D eigenvalue weighted by molar-refractivity contribution is 7.89. The molecule has 0 aliphatic rings. The largest absolute Gasteiger partial charge is 0.324 e. The van der Waals surface area contributed by atoms with Gasteiger partial charge in [-0.05, 0) is 12.1 Å². The summed E-state index contributed by atoms with van der Waals surface area (Å²) >= 11 is 0. The number of primary sulfonamides is 1. The van der Waals surface area contributed by atoms with Gasteiger partial charge >= 0.3 is 0 Å². The van der Waals surface area contributed by atoms with Crippen molar-refractivity contribution in [3.05, 3.63) is 24.3 Å². The predicted octanol–water partition coefficient (Wildman–Crippen LogP) is 0.271. The van der Waals surface area contributed by atoms with Crippen LogP contribution >= 0.6 is 0 Å². The van der Waals surface area contributed by atoms with Crippen molar-refractivity contribution in [2.75, 3.05) is 11.9 Å². The van der Waals surface area contributed by atoms with Gasteiger partial charge in [-0.25, -0.2) is 13.6 Å². The van der Waals surface area contributed by atoms with Gasteiger partial charge in [-0.3, -0.25) is 4.79 Å². The number of hydrogen-bond donors (Lipinski definition) is 3. The fourth-order valence-corrected chi connectivity index (χ4v) is 2.00. The summed E-state index contributed by atoms with van der Waals surface area (Å²) in [5.74, 6) is -0.320. The Morgan fingerprint density at radius 1 is 1.33 bits per heavy atom. The Morgan fingerprint density at radius 2 is 1.94 bits per heavy atom. The minimum Gasteiger partial charge on any atom is -0.324 e. The number of para-hydroxylation sites is 1. The fraction of sp³-hybridized carbons (Fsp3) is 0.364. The van der Waals surface area contributed by atoms with Gasteiger partial charge in [0.05, 0.1) is 12.2 Å². The summed E-state index contributed by atoms with van der Waals surface area (Å²) in [5.41, 5.74) is 0.190. The van der Waals surface area contributed by atoms with E-state index in [1.54, 1.807) is 12.1 Å². The highest BCUT2D eigenvalue weighted by atomic mass is 32.2. The maximum atomic E-state index is 11.6. The Labute approximate surface area is 107 Å². The lowest BCUT2D eigenvalue weighted by Gasteiger charge is -2.11. The van der Waals surface area contributed by atoms with Crippen LogP contribution in [-0.2, 0) is 14.8 Å². The van der Waals surface area contributed by atoms with E-state index in [4.69, 9.17) is 5.14 Å². The summed E-state index contributed by atoms with van der Waals surface area (Å²) in [5, 5.41) is 10.5. The van der Waals surface area contributed by atoms with Gasteiger partial charge in [-0.15, -0.1) is 0 Å². The van der Waals surface area contributed by atoms with Crippen LogP contribution in [0, 0.1) is 0 Å². The molecule has 0 aromatic heterocycles. The molecule has 1 rings (SSSR count). The van der Waals surface area contributed by atoms with E-state index < -0.39 is 10.0 Å². The Morgan fingerprint density at radius 3 is 2.50 bits per heavy atom. The third-order valence-electron chi connectivity index (χ3n) is 2.14. The average Bonchev–Trinajstić information content (AvgIpc) is 2.25. The van der Waals surface area contributed by atoms with Crippen molar-refractivity contribution >= 4 is 21.6 Å². The molecule has 0 aliphatic carbocycles. The molecular formula is C11H17N3O3S. The lowest BCUT2D eigenvalue weighted by atomic mass is 10.3. The zero-order valence-electron chi connectivity index (χ0n) is 10.3. The number of amides is 1. The molecule has 1 aromatic rings. The van der Waals surface area contributed by atoms with E-state index in [0.29, 0.717) is 0 Å². The molecule has 7 heteroatoms. The number of sulfonamides is 1. The molecule has 18 heavy (non-hydrogen) atoms. The van der Waals surface area contributed by atoms with Gasteiger partial charge in [-0.2, -0.15) is 0 Å². The number of rotatable bonds is 5. The molecule has 1 aromatic carbocycles. The number of nitrogens with two attached hydrogens (primary N) is 1. The molecule has 0 radical (unpaired) electrons. The summed E-state index contributed by atoms with van der Waals surface area (Å²) in [6, 6.07) is 6.18. The summed E-state index contributed by atoms with van der Waals surface area (Å²) in [6.07, 6.45) is 0. The smallest absolute Gasteiger partial charge is 0.240 e. The Balaban J connectivity index is 2.82. The van der Waals surface area contributed by atoms with Gasteiger partial charge in [0.2, 0.25) is 15.9 Å². The summed E-state index contributed by atoms with van der Waals surface area (Å²) in [6.45, 7) is 3.92. The van der Waals surface area contributed by atoms with E-state index in [0.717, 1.165) is 0 Å². The number of nitrogens with one attached hydrogen (secondary N) is 2. The van der Waals surface area contributed by atoms with Gasteiger partial charge < -0.3 is 10.6 Å². The molecule has 0 aliphatic heterocycles. The second-order valence-corrected chi connectivity index (χ2v) is 5.65. The number of carbonyl (C=O) groups is 1. The minimum absolute atomic E-state index is 0.0945. The number of anilines is 1. The molecule has 6 nitrogen and oxygen atoms in total. The molecule has 0 heterocycles. The third-order valence-corrected chi connectivity index (χ3v) is 3.11. The van der Waals surface area contributed by atoms with Crippen LogP contribution in [0.25, 0.3) is 0 Å². The normalized spacial score (nSPS) is 11.6. The van der Waals surface area contributed by atoms with Gasteiger partial charge in [-0.1, -0.05) is 26.0 Å². The first-order chi connectivity index (χ1) is 8.30. The van der Waals surface area contributed by atoms with Gasteiger partial charge in [0.1, 0.15) is 4.90 Å². The molecule has 0 saturated carbocycles. The van der Waals surface area contributed by atoms with E-state index in [1.165, 1.54) is 12.1 Å². The molecule has 0 bridgehead atoms.